The van der Waals surface area contributed by atoms with Crippen LogP contribution in [0.1, 0.15) is 5.56 Å². The third-order valence-electron chi connectivity index (χ3n) is 1.35. The Morgan fingerprint density at radius 1 is 1.73 bits per heavy atom. The number of ether oxygens (including phenoxy) is 1. The van der Waals surface area contributed by atoms with Crippen molar-refractivity contribution in [2.75, 3.05) is 7.11 Å². The average molecular weight is 156 g/mol. The van der Waals surface area contributed by atoms with Crippen molar-refractivity contribution in [3.05, 3.63) is 23.6 Å². The van der Waals surface area contributed by atoms with Crippen LogP contribution in [0.4, 0.5) is 4.39 Å². The number of hydrogen-bond donors (Lipinski definition) is 1. The molecule has 0 unspecified atom stereocenters. The summed E-state index contributed by atoms with van der Waals surface area (Å²) in [5.41, 5.74) is 5.66. The maximum absolute atomic E-state index is 13.0. The quantitative estimate of drug-likeness (QED) is 0.685. The van der Waals surface area contributed by atoms with E-state index >= 15 is 0 Å². The third-order valence-corrected chi connectivity index (χ3v) is 1.35. The molecule has 1 rings (SSSR count). The zero-order valence-electron chi connectivity index (χ0n) is 6.17. The summed E-state index contributed by atoms with van der Waals surface area (Å²) in [4.78, 5) is 3.65. The number of aromatic nitrogens is 1. The van der Waals surface area contributed by atoms with Crippen LogP contribution in [0, 0.1) is 5.82 Å². The van der Waals surface area contributed by atoms with E-state index in [1.165, 1.54) is 19.4 Å². The highest BCUT2D eigenvalue weighted by atomic mass is 19.1. The van der Waals surface area contributed by atoms with Crippen LogP contribution in [0.5, 0.6) is 5.88 Å². The van der Waals surface area contributed by atoms with Crippen molar-refractivity contribution >= 4 is 0 Å². The minimum absolute atomic E-state index is 0.00653. The van der Waals surface area contributed by atoms with Crippen LogP contribution >= 0.6 is 0 Å². The second-order valence-electron chi connectivity index (χ2n) is 2.00. The second kappa shape index (κ2) is 3.30. The number of halogens is 1. The van der Waals surface area contributed by atoms with Gasteiger partial charge < -0.3 is 10.5 Å². The molecule has 0 atom stereocenters. The fourth-order valence-electron chi connectivity index (χ4n) is 0.762. The summed E-state index contributed by atoms with van der Waals surface area (Å²) < 4.78 is 17.7. The standard InChI is InChI=1S/C7H9FN2O/c1-11-7-6(8)5(4-9)2-3-10-7/h2-3H,4,9H2,1H3. The van der Waals surface area contributed by atoms with Crippen LogP contribution in [0.25, 0.3) is 0 Å². The van der Waals surface area contributed by atoms with Crippen LogP contribution in [-0.4, -0.2) is 12.1 Å². The van der Waals surface area contributed by atoms with Crippen molar-refractivity contribution in [2.24, 2.45) is 5.73 Å². The largest absolute Gasteiger partial charge is 0.479 e. The molecule has 0 aliphatic heterocycles. The van der Waals surface area contributed by atoms with Crippen molar-refractivity contribution in [1.82, 2.24) is 4.98 Å². The van der Waals surface area contributed by atoms with Gasteiger partial charge in [0.1, 0.15) is 0 Å². The molecule has 1 aromatic heterocycles. The van der Waals surface area contributed by atoms with Crippen molar-refractivity contribution in [3.63, 3.8) is 0 Å². The molecule has 0 radical (unpaired) electrons. The van der Waals surface area contributed by atoms with Crippen molar-refractivity contribution < 1.29 is 9.13 Å². The monoisotopic (exact) mass is 156 g/mol. The summed E-state index contributed by atoms with van der Waals surface area (Å²) in [5, 5.41) is 0. The summed E-state index contributed by atoms with van der Waals surface area (Å²) in [6.07, 6.45) is 1.46. The first-order valence-electron chi connectivity index (χ1n) is 3.17. The predicted molar refractivity (Wildman–Crippen MR) is 38.6 cm³/mol. The van der Waals surface area contributed by atoms with Gasteiger partial charge in [-0.3, -0.25) is 0 Å². The van der Waals surface area contributed by atoms with Gasteiger partial charge in [0.25, 0.3) is 0 Å². The van der Waals surface area contributed by atoms with Gasteiger partial charge in [0, 0.05) is 18.3 Å². The molecule has 0 saturated carbocycles. The molecule has 1 heterocycles. The maximum atomic E-state index is 13.0. The Labute approximate surface area is 64.0 Å². The molecule has 0 aliphatic rings. The molecule has 0 spiro atoms. The van der Waals surface area contributed by atoms with Crippen molar-refractivity contribution in [2.45, 2.75) is 6.54 Å². The fraction of sp³-hybridized carbons (Fsp3) is 0.286. The Balaban J connectivity index is 3.10. The van der Waals surface area contributed by atoms with E-state index in [9.17, 15) is 4.39 Å². The number of nitrogens with two attached hydrogens (primary N) is 1. The molecule has 0 aliphatic carbocycles. The van der Waals surface area contributed by atoms with Gasteiger partial charge in [0.05, 0.1) is 7.11 Å². The molecule has 0 amide bonds. The van der Waals surface area contributed by atoms with Crippen LogP contribution in [0.2, 0.25) is 0 Å². The number of nitrogens with zero attached hydrogens (tertiary/aromatic N) is 1. The van der Waals surface area contributed by atoms with Crippen LogP contribution in [-0.2, 0) is 6.54 Å². The average Bonchev–Trinajstić information content (AvgIpc) is 2.05. The summed E-state index contributed by atoms with van der Waals surface area (Å²) in [7, 11) is 1.37. The molecule has 3 nitrogen and oxygen atoms in total. The zero-order chi connectivity index (χ0) is 8.27. The van der Waals surface area contributed by atoms with Crippen molar-refractivity contribution in [3.8, 4) is 5.88 Å². The summed E-state index contributed by atoms with van der Waals surface area (Å²) in [5.74, 6) is -0.481. The summed E-state index contributed by atoms with van der Waals surface area (Å²) in [6, 6.07) is 1.53. The molecule has 0 bridgehead atoms. The zero-order valence-corrected chi connectivity index (χ0v) is 6.17. The van der Waals surface area contributed by atoms with Crippen molar-refractivity contribution in [1.29, 1.82) is 0 Å². The Hall–Kier alpha value is -1.16. The molecule has 60 valence electrons. The van der Waals surface area contributed by atoms with E-state index in [-0.39, 0.29) is 12.4 Å². The summed E-state index contributed by atoms with van der Waals surface area (Å²) >= 11 is 0. The van der Waals surface area contributed by atoms with Gasteiger partial charge in [-0.25, -0.2) is 9.37 Å². The third kappa shape index (κ3) is 1.46. The summed E-state index contributed by atoms with van der Waals surface area (Å²) in [6.45, 7) is 0.157. The highest BCUT2D eigenvalue weighted by Crippen LogP contribution is 2.15. The molecule has 11 heavy (non-hydrogen) atoms. The molecular formula is C7H9FN2O. The lowest BCUT2D eigenvalue weighted by Gasteiger charge is -2.02. The van der Waals surface area contributed by atoms with E-state index in [0.717, 1.165) is 0 Å². The lowest BCUT2D eigenvalue weighted by atomic mass is 10.2. The SMILES string of the molecule is COc1nccc(CN)c1F. The Bertz CT molecular complexity index is 230. The van der Waals surface area contributed by atoms with E-state index in [1.54, 1.807) is 0 Å². The van der Waals surface area contributed by atoms with Gasteiger partial charge in [-0.1, -0.05) is 0 Å². The minimum atomic E-state index is -0.475. The van der Waals surface area contributed by atoms with Gasteiger partial charge in [0.2, 0.25) is 5.88 Å². The molecule has 2 N–H and O–H groups in total. The predicted octanol–water partition coefficient (Wildman–Crippen LogP) is 0.688. The van der Waals surface area contributed by atoms with Gasteiger partial charge in [0.15, 0.2) is 5.82 Å². The second-order valence-corrected chi connectivity index (χ2v) is 2.00. The first kappa shape index (κ1) is 7.94. The molecule has 4 heteroatoms. The van der Waals surface area contributed by atoms with E-state index in [0.29, 0.717) is 5.56 Å². The van der Waals surface area contributed by atoms with Gasteiger partial charge in [-0.2, -0.15) is 0 Å². The number of pyridine rings is 1. The van der Waals surface area contributed by atoms with Crippen LogP contribution in [0.3, 0.4) is 0 Å². The van der Waals surface area contributed by atoms with E-state index in [2.05, 4.69) is 9.72 Å². The lowest BCUT2D eigenvalue weighted by molar-refractivity contribution is 0.367. The topological polar surface area (TPSA) is 48.1 Å². The first-order chi connectivity index (χ1) is 5.29. The Morgan fingerprint density at radius 3 is 3.00 bits per heavy atom. The van der Waals surface area contributed by atoms with Crippen LogP contribution < -0.4 is 10.5 Å². The molecule has 0 saturated heterocycles. The molecule has 1 aromatic rings. The lowest BCUT2D eigenvalue weighted by Crippen LogP contribution is -2.02. The van der Waals surface area contributed by atoms with Gasteiger partial charge in [-0.15, -0.1) is 0 Å². The smallest absolute Gasteiger partial charge is 0.250 e. The number of rotatable bonds is 2. The highest BCUT2D eigenvalue weighted by Gasteiger charge is 2.06. The van der Waals surface area contributed by atoms with E-state index in [1.807, 2.05) is 0 Å². The maximum Gasteiger partial charge on any atom is 0.250 e. The number of methoxy groups -OCH3 is 1. The first-order valence-corrected chi connectivity index (χ1v) is 3.17. The Kier molecular flexibility index (Phi) is 2.38. The fourth-order valence-corrected chi connectivity index (χ4v) is 0.762. The normalized spacial score (nSPS) is 9.73. The van der Waals surface area contributed by atoms with Gasteiger partial charge in [-0.05, 0) is 6.07 Å². The molecular weight excluding hydrogens is 147 g/mol. The van der Waals surface area contributed by atoms with E-state index < -0.39 is 5.82 Å². The van der Waals surface area contributed by atoms with E-state index in [4.69, 9.17) is 5.73 Å². The number of hydrogen-bond acceptors (Lipinski definition) is 3. The van der Waals surface area contributed by atoms with Gasteiger partial charge >= 0.3 is 0 Å². The molecule has 0 fully saturated rings. The molecule has 0 aromatic carbocycles. The highest BCUT2D eigenvalue weighted by molar-refractivity contribution is 5.22. The minimum Gasteiger partial charge on any atom is -0.479 e. The Morgan fingerprint density at radius 2 is 2.45 bits per heavy atom. The van der Waals surface area contributed by atoms with Crippen LogP contribution in [0.15, 0.2) is 12.3 Å².